The first kappa shape index (κ1) is 17.0. The van der Waals surface area contributed by atoms with Gasteiger partial charge in [-0.15, -0.1) is 11.8 Å². The molecule has 3 nitrogen and oxygen atoms in total. The summed E-state index contributed by atoms with van der Waals surface area (Å²) in [5.74, 6) is 0.532. The molecule has 1 atom stereocenters. The van der Waals surface area contributed by atoms with Crippen LogP contribution in [-0.2, 0) is 0 Å². The highest BCUT2D eigenvalue weighted by Crippen LogP contribution is 2.29. The van der Waals surface area contributed by atoms with Gasteiger partial charge in [0.05, 0.1) is 0 Å². The number of Topliss-reactive ketones (excluding diaryl/α,β-unsaturated/α-hetero) is 1. The van der Waals surface area contributed by atoms with Crippen molar-refractivity contribution in [3.63, 3.8) is 0 Å². The van der Waals surface area contributed by atoms with Crippen LogP contribution in [0.1, 0.15) is 36.0 Å². The molecule has 0 N–H and O–H groups in total. The summed E-state index contributed by atoms with van der Waals surface area (Å²) in [7, 11) is 2.21. The Labute approximate surface area is 144 Å². The van der Waals surface area contributed by atoms with Crippen molar-refractivity contribution in [1.82, 2.24) is 9.80 Å². The highest BCUT2D eigenvalue weighted by molar-refractivity contribution is 7.98. The van der Waals surface area contributed by atoms with E-state index in [0.29, 0.717) is 11.8 Å². The van der Waals surface area contributed by atoms with Crippen LogP contribution in [0.4, 0.5) is 0 Å². The molecule has 1 aromatic rings. The molecule has 23 heavy (non-hydrogen) atoms. The zero-order chi connectivity index (χ0) is 16.2. The third kappa shape index (κ3) is 3.98. The molecule has 2 aliphatic rings. The number of carbonyl (C=O) groups is 1. The van der Waals surface area contributed by atoms with Crippen molar-refractivity contribution < 1.29 is 4.79 Å². The van der Waals surface area contributed by atoms with Crippen molar-refractivity contribution in [1.29, 1.82) is 0 Å². The van der Waals surface area contributed by atoms with Crippen LogP contribution >= 0.6 is 11.8 Å². The van der Waals surface area contributed by atoms with Gasteiger partial charge in [-0.3, -0.25) is 9.69 Å². The molecule has 2 fully saturated rings. The molecule has 0 aliphatic carbocycles. The first-order valence-electron chi connectivity index (χ1n) is 8.79. The van der Waals surface area contributed by atoms with Gasteiger partial charge >= 0.3 is 0 Å². The van der Waals surface area contributed by atoms with Gasteiger partial charge in [0.25, 0.3) is 0 Å². The number of piperidine rings is 2. The Balaban J connectivity index is 1.67. The molecule has 2 aliphatic heterocycles. The topological polar surface area (TPSA) is 23.6 Å². The fourth-order valence-electron chi connectivity index (χ4n) is 3.98. The van der Waals surface area contributed by atoms with Crippen LogP contribution in [-0.4, -0.2) is 61.1 Å². The summed E-state index contributed by atoms with van der Waals surface area (Å²) in [6, 6.07) is 8.76. The zero-order valence-corrected chi connectivity index (χ0v) is 15.1. The Kier molecular flexibility index (Phi) is 5.78. The van der Waals surface area contributed by atoms with Crippen molar-refractivity contribution in [3.8, 4) is 0 Å². The van der Waals surface area contributed by atoms with E-state index in [1.807, 2.05) is 18.2 Å². The molecule has 0 amide bonds. The van der Waals surface area contributed by atoms with Gasteiger partial charge in [-0.05, 0) is 64.7 Å². The maximum Gasteiger partial charge on any atom is 0.168 e. The second-order valence-electron chi connectivity index (χ2n) is 6.93. The Morgan fingerprint density at radius 3 is 2.61 bits per heavy atom. The van der Waals surface area contributed by atoms with Crippen molar-refractivity contribution in [2.45, 2.75) is 36.6 Å². The number of carbonyl (C=O) groups excluding carboxylic acids is 1. The summed E-state index contributed by atoms with van der Waals surface area (Å²) in [4.78, 5) is 19.1. The van der Waals surface area contributed by atoms with E-state index in [1.165, 1.54) is 32.5 Å². The summed E-state index contributed by atoms with van der Waals surface area (Å²) in [6.07, 6.45) is 6.75. The number of ketones is 1. The van der Waals surface area contributed by atoms with Gasteiger partial charge in [-0.1, -0.05) is 18.2 Å². The summed E-state index contributed by atoms with van der Waals surface area (Å²) in [5.41, 5.74) is 0.926. The maximum absolute atomic E-state index is 13.0. The van der Waals surface area contributed by atoms with E-state index in [4.69, 9.17) is 0 Å². The standard InChI is InChI=1S/C19H28N2OS/c1-20-12-9-16(10-13-20)21-11-5-6-15(14-21)19(22)17-7-3-4-8-18(17)23-2/h3-4,7-8,15-16H,5-6,9-14H2,1-2H3. The minimum Gasteiger partial charge on any atom is -0.306 e. The van der Waals surface area contributed by atoms with Crippen molar-refractivity contribution in [2.75, 3.05) is 39.5 Å². The number of thioether (sulfide) groups is 1. The van der Waals surface area contributed by atoms with E-state index in [-0.39, 0.29) is 5.92 Å². The minimum atomic E-state index is 0.178. The Bertz CT molecular complexity index is 540. The summed E-state index contributed by atoms with van der Waals surface area (Å²) in [5, 5.41) is 0. The van der Waals surface area contributed by atoms with Crippen molar-refractivity contribution in [2.24, 2.45) is 5.92 Å². The smallest absolute Gasteiger partial charge is 0.168 e. The van der Waals surface area contributed by atoms with E-state index in [2.05, 4.69) is 29.2 Å². The molecule has 1 aromatic carbocycles. The highest BCUT2D eigenvalue weighted by atomic mass is 32.2. The van der Waals surface area contributed by atoms with Crippen LogP contribution in [0.15, 0.2) is 29.2 Å². The molecule has 4 heteroatoms. The van der Waals surface area contributed by atoms with Gasteiger partial charge in [0.1, 0.15) is 0 Å². The fraction of sp³-hybridized carbons (Fsp3) is 0.632. The van der Waals surface area contributed by atoms with Crippen LogP contribution in [0.25, 0.3) is 0 Å². The zero-order valence-electron chi connectivity index (χ0n) is 14.3. The third-order valence-electron chi connectivity index (χ3n) is 5.40. The molecule has 0 spiro atoms. The van der Waals surface area contributed by atoms with Gasteiger partial charge in [0.15, 0.2) is 5.78 Å². The minimum absolute atomic E-state index is 0.178. The fourth-order valence-corrected chi connectivity index (χ4v) is 4.58. The summed E-state index contributed by atoms with van der Waals surface area (Å²) >= 11 is 1.68. The Morgan fingerprint density at radius 1 is 1.13 bits per heavy atom. The van der Waals surface area contributed by atoms with Crippen LogP contribution in [0.2, 0.25) is 0 Å². The molecular weight excluding hydrogens is 304 g/mol. The van der Waals surface area contributed by atoms with E-state index in [9.17, 15) is 4.79 Å². The quantitative estimate of drug-likeness (QED) is 0.623. The third-order valence-corrected chi connectivity index (χ3v) is 6.20. The summed E-state index contributed by atoms with van der Waals surface area (Å²) < 4.78 is 0. The lowest BCUT2D eigenvalue weighted by atomic mass is 9.88. The second kappa shape index (κ2) is 7.82. The van der Waals surface area contributed by atoms with Gasteiger partial charge < -0.3 is 4.90 Å². The molecule has 0 saturated carbocycles. The largest absolute Gasteiger partial charge is 0.306 e. The first-order valence-corrected chi connectivity index (χ1v) is 10.0. The van der Waals surface area contributed by atoms with E-state index < -0.39 is 0 Å². The Morgan fingerprint density at radius 2 is 1.87 bits per heavy atom. The number of nitrogens with zero attached hydrogens (tertiary/aromatic N) is 2. The average Bonchev–Trinajstić information content (AvgIpc) is 2.62. The highest BCUT2D eigenvalue weighted by Gasteiger charge is 2.32. The summed E-state index contributed by atoms with van der Waals surface area (Å²) in [6.45, 7) is 4.50. The monoisotopic (exact) mass is 332 g/mol. The molecule has 2 saturated heterocycles. The first-order chi connectivity index (χ1) is 11.2. The van der Waals surface area contributed by atoms with Crippen molar-refractivity contribution in [3.05, 3.63) is 29.8 Å². The molecule has 0 bridgehead atoms. The number of benzene rings is 1. The predicted molar refractivity (Wildman–Crippen MR) is 97.4 cm³/mol. The predicted octanol–water partition coefficient (Wildman–Crippen LogP) is 3.40. The Hall–Kier alpha value is -0.840. The van der Waals surface area contributed by atoms with Crippen LogP contribution in [0.3, 0.4) is 0 Å². The molecule has 126 valence electrons. The maximum atomic E-state index is 13.0. The molecular formula is C19H28N2OS. The lowest BCUT2D eigenvalue weighted by Gasteiger charge is -2.41. The van der Waals surface area contributed by atoms with Gasteiger partial charge in [0, 0.05) is 29.0 Å². The van der Waals surface area contributed by atoms with Gasteiger partial charge in [-0.25, -0.2) is 0 Å². The van der Waals surface area contributed by atoms with Gasteiger partial charge in [0.2, 0.25) is 0 Å². The van der Waals surface area contributed by atoms with Crippen LogP contribution in [0.5, 0.6) is 0 Å². The number of hydrogen-bond donors (Lipinski definition) is 0. The second-order valence-corrected chi connectivity index (χ2v) is 7.78. The SMILES string of the molecule is CSc1ccccc1C(=O)C1CCCN(C2CCN(C)CC2)C1. The van der Waals surface area contributed by atoms with E-state index in [1.54, 1.807) is 11.8 Å². The molecule has 1 unspecified atom stereocenters. The lowest BCUT2D eigenvalue weighted by molar-refractivity contribution is 0.0628. The molecule has 3 rings (SSSR count). The van der Waals surface area contributed by atoms with E-state index in [0.717, 1.165) is 29.8 Å². The number of likely N-dealkylation sites (tertiary alicyclic amines) is 2. The number of rotatable bonds is 4. The molecule has 0 aromatic heterocycles. The van der Waals surface area contributed by atoms with Crippen molar-refractivity contribution >= 4 is 17.5 Å². The lowest BCUT2D eigenvalue weighted by Crippen LogP contribution is -2.48. The number of hydrogen-bond acceptors (Lipinski definition) is 4. The normalized spacial score (nSPS) is 24.7. The van der Waals surface area contributed by atoms with Crippen LogP contribution in [0, 0.1) is 5.92 Å². The molecule has 0 radical (unpaired) electrons. The van der Waals surface area contributed by atoms with E-state index >= 15 is 0 Å². The van der Waals surface area contributed by atoms with Gasteiger partial charge in [-0.2, -0.15) is 0 Å². The average molecular weight is 333 g/mol. The molecule has 2 heterocycles. The van der Waals surface area contributed by atoms with Crippen LogP contribution < -0.4 is 0 Å².